The molecule has 0 saturated carbocycles. The second-order valence-corrected chi connectivity index (χ2v) is 20.1. The topological polar surface area (TPSA) is 12.0 Å². The van der Waals surface area contributed by atoms with Gasteiger partial charge in [0.2, 0.25) is 0 Å². The standard InChI is InChI=1S/C50H43NP2/c1-7-19-43(20-8-1)52(44-21-9-2-10-22-44,45-23-11-3-12-24-45)49-35-31-41(32-36-49)39-51-40-42-33-37-50(38-34-42)53(46-25-13-4-14-26-46,47-27-15-5-16-28-47)48-29-17-6-18-30-48/h1-38,51H,39-40H2/q+2. The van der Waals surface area contributed by atoms with Gasteiger partial charge in [-0.2, -0.15) is 0 Å². The monoisotopic (exact) mass is 719 g/mol. The zero-order chi connectivity index (χ0) is 35.8. The lowest BCUT2D eigenvalue weighted by Gasteiger charge is -2.27. The lowest BCUT2D eigenvalue weighted by Crippen LogP contribution is -2.38. The number of benzene rings is 8. The predicted octanol–water partition coefficient (Wildman–Crippen LogP) is 8.22. The molecule has 0 aromatic heterocycles. The van der Waals surface area contributed by atoms with E-state index >= 15 is 0 Å². The third-order valence-corrected chi connectivity index (χ3v) is 18.7. The van der Waals surface area contributed by atoms with Crippen molar-refractivity contribution in [3.8, 4) is 0 Å². The Hall–Kier alpha value is -5.42. The van der Waals surface area contributed by atoms with E-state index in [0.717, 1.165) is 13.1 Å². The maximum absolute atomic E-state index is 3.74. The van der Waals surface area contributed by atoms with Gasteiger partial charge in [-0.1, -0.05) is 133 Å². The van der Waals surface area contributed by atoms with Gasteiger partial charge in [-0.3, -0.25) is 0 Å². The minimum atomic E-state index is -2.10. The van der Waals surface area contributed by atoms with Crippen LogP contribution in [0.3, 0.4) is 0 Å². The first kappa shape index (κ1) is 34.7. The maximum atomic E-state index is 3.74. The molecular formula is C50H43NP2+2. The lowest BCUT2D eigenvalue weighted by atomic mass is 10.2. The van der Waals surface area contributed by atoms with E-state index in [1.807, 2.05) is 0 Å². The molecule has 8 rings (SSSR count). The molecule has 0 aliphatic rings. The zero-order valence-corrected chi connectivity index (χ0v) is 31.5. The van der Waals surface area contributed by atoms with Crippen molar-refractivity contribution in [2.75, 3.05) is 0 Å². The first-order valence-electron chi connectivity index (χ1n) is 18.3. The van der Waals surface area contributed by atoms with Gasteiger partial charge in [-0.05, 0) is 108 Å². The molecule has 0 amide bonds. The van der Waals surface area contributed by atoms with Crippen molar-refractivity contribution in [2.45, 2.75) is 13.1 Å². The molecule has 1 nitrogen and oxygen atoms in total. The van der Waals surface area contributed by atoms with Crippen LogP contribution in [0.15, 0.2) is 231 Å². The van der Waals surface area contributed by atoms with E-state index in [-0.39, 0.29) is 0 Å². The van der Waals surface area contributed by atoms with Gasteiger partial charge in [0.15, 0.2) is 0 Å². The minimum Gasteiger partial charge on any atom is -0.309 e. The van der Waals surface area contributed by atoms with E-state index in [0.29, 0.717) is 0 Å². The first-order valence-corrected chi connectivity index (χ1v) is 21.9. The van der Waals surface area contributed by atoms with Crippen LogP contribution in [0.5, 0.6) is 0 Å². The molecule has 0 spiro atoms. The predicted molar refractivity (Wildman–Crippen MR) is 233 cm³/mol. The normalized spacial score (nSPS) is 11.6. The number of hydrogen-bond acceptors (Lipinski definition) is 1. The van der Waals surface area contributed by atoms with E-state index in [9.17, 15) is 0 Å². The van der Waals surface area contributed by atoms with Crippen molar-refractivity contribution in [1.29, 1.82) is 0 Å². The summed E-state index contributed by atoms with van der Waals surface area (Å²) in [6.45, 7) is 1.59. The fraction of sp³-hybridized carbons (Fsp3) is 0.0400. The quantitative estimate of drug-likeness (QED) is 0.126. The highest BCUT2D eigenvalue weighted by atomic mass is 31.2. The van der Waals surface area contributed by atoms with E-state index in [1.165, 1.54) is 53.6 Å². The van der Waals surface area contributed by atoms with Crippen molar-refractivity contribution in [1.82, 2.24) is 5.32 Å². The molecule has 256 valence electrons. The molecule has 0 heterocycles. The van der Waals surface area contributed by atoms with Gasteiger partial charge in [0.25, 0.3) is 0 Å². The summed E-state index contributed by atoms with van der Waals surface area (Å²) in [6, 6.07) is 85.2. The first-order chi connectivity index (χ1) is 26.3. The summed E-state index contributed by atoms with van der Waals surface area (Å²) >= 11 is 0. The van der Waals surface area contributed by atoms with E-state index in [2.05, 4.69) is 236 Å². The van der Waals surface area contributed by atoms with Crippen molar-refractivity contribution in [2.24, 2.45) is 0 Å². The SMILES string of the molecule is c1ccc([P+](c2ccccc2)(c2ccccc2)c2ccc(CNCc3ccc([P+](c4ccccc4)(c4ccccc4)c4ccccc4)cc3)cc2)cc1. The summed E-state index contributed by atoms with van der Waals surface area (Å²) in [5.41, 5.74) is 2.56. The maximum Gasteiger partial charge on any atom is 0.144 e. The second kappa shape index (κ2) is 16.1. The molecule has 53 heavy (non-hydrogen) atoms. The molecule has 0 unspecified atom stereocenters. The van der Waals surface area contributed by atoms with E-state index in [4.69, 9.17) is 0 Å². The Bertz CT molecular complexity index is 1950. The van der Waals surface area contributed by atoms with Gasteiger partial charge in [0.05, 0.1) is 0 Å². The molecule has 8 aromatic rings. The smallest absolute Gasteiger partial charge is 0.144 e. The molecule has 0 atom stereocenters. The summed E-state index contributed by atoms with van der Waals surface area (Å²) < 4.78 is 0. The molecule has 0 bridgehead atoms. The van der Waals surface area contributed by atoms with Gasteiger partial charge in [-0.15, -0.1) is 0 Å². The largest absolute Gasteiger partial charge is 0.309 e. The molecule has 8 aromatic carbocycles. The van der Waals surface area contributed by atoms with Gasteiger partial charge < -0.3 is 5.32 Å². The lowest BCUT2D eigenvalue weighted by molar-refractivity contribution is 0.694. The summed E-state index contributed by atoms with van der Waals surface area (Å²) in [7, 11) is -4.21. The van der Waals surface area contributed by atoms with Crippen LogP contribution in [-0.4, -0.2) is 0 Å². The summed E-state index contributed by atoms with van der Waals surface area (Å²) in [5, 5.41) is 14.7. The zero-order valence-electron chi connectivity index (χ0n) is 29.7. The Morgan fingerprint density at radius 2 is 0.415 bits per heavy atom. The third kappa shape index (κ3) is 6.81. The highest BCUT2D eigenvalue weighted by Crippen LogP contribution is 2.55. The van der Waals surface area contributed by atoms with Gasteiger partial charge in [-0.25, -0.2) is 0 Å². The van der Waals surface area contributed by atoms with E-state index in [1.54, 1.807) is 0 Å². The molecule has 0 aliphatic carbocycles. The summed E-state index contributed by atoms with van der Waals surface area (Å²) in [5.74, 6) is 0. The van der Waals surface area contributed by atoms with Crippen molar-refractivity contribution < 1.29 is 0 Å². The van der Waals surface area contributed by atoms with Gasteiger partial charge in [0.1, 0.15) is 57.0 Å². The van der Waals surface area contributed by atoms with E-state index < -0.39 is 14.5 Å². The summed E-state index contributed by atoms with van der Waals surface area (Å²) in [6.07, 6.45) is 0. The highest BCUT2D eigenvalue weighted by molar-refractivity contribution is 8.02. The molecule has 3 heteroatoms. The molecule has 0 fully saturated rings. The van der Waals surface area contributed by atoms with Crippen LogP contribution >= 0.6 is 14.5 Å². The molecular weight excluding hydrogens is 677 g/mol. The summed E-state index contributed by atoms with van der Waals surface area (Å²) in [4.78, 5) is 0. The van der Waals surface area contributed by atoms with Gasteiger partial charge in [0, 0.05) is 13.1 Å². The molecule has 1 N–H and O–H groups in total. The Balaban J connectivity index is 1.06. The van der Waals surface area contributed by atoms with Crippen LogP contribution in [0.25, 0.3) is 0 Å². The van der Waals surface area contributed by atoms with Crippen molar-refractivity contribution in [3.63, 3.8) is 0 Å². The fourth-order valence-electron chi connectivity index (χ4n) is 7.72. The van der Waals surface area contributed by atoms with Crippen LogP contribution in [0.4, 0.5) is 0 Å². The second-order valence-electron chi connectivity index (χ2n) is 13.3. The Morgan fingerprint density at radius 3 is 0.623 bits per heavy atom. The average molecular weight is 720 g/mol. The Labute approximate surface area is 315 Å². The van der Waals surface area contributed by atoms with Crippen molar-refractivity contribution in [3.05, 3.63) is 242 Å². The van der Waals surface area contributed by atoms with Crippen LogP contribution in [0.1, 0.15) is 11.1 Å². The number of nitrogens with one attached hydrogen (secondary N) is 1. The Morgan fingerprint density at radius 1 is 0.226 bits per heavy atom. The Kier molecular flexibility index (Phi) is 10.5. The van der Waals surface area contributed by atoms with Crippen LogP contribution in [0, 0.1) is 0 Å². The molecule has 0 aliphatic heterocycles. The number of rotatable bonds is 12. The average Bonchev–Trinajstić information content (AvgIpc) is 3.25. The number of hydrogen-bond donors (Lipinski definition) is 1. The molecule has 0 radical (unpaired) electrons. The fourth-order valence-corrected chi connectivity index (χ4v) is 16.2. The van der Waals surface area contributed by atoms with Crippen LogP contribution < -0.4 is 47.8 Å². The van der Waals surface area contributed by atoms with Crippen LogP contribution in [-0.2, 0) is 13.1 Å². The van der Waals surface area contributed by atoms with Crippen molar-refractivity contribution >= 4 is 57.0 Å². The third-order valence-electron chi connectivity index (χ3n) is 10.2. The minimum absolute atomic E-state index is 0.796. The van der Waals surface area contributed by atoms with Gasteiger partial charge >= 0.3 is 0 Å². The molecule has 0 saturated heterocycles. The highest BCUT2D eigenvalue weighted by Gasteiger charge is 2.48. The van der Waals surface area contributed by atoms with Crippen LogP contribution in [0.2, 0.25) is 0 Å².